The summed E-state index contributed by atoms with van der Waals surface area (Å²) in [6.07, 6.45) is 0. The molecule has 0 bridgehead atoms. The van der Waals surface area contributed by atoms with E-state index in [0.717, 1.165) is 6.54 Å². The number of nitrogens with one attached hydrogen (secondary N) is 1. The molecule has 1 heterocycles. The molecule has 5 heteroatoms. The molecule has 0 saturated heterocycles. The van der Waals surface area contributed by atoms with E-state index in [1.807, 2.05) is 0 Å². The van der Waals surface area contributed by atoms with Crippen molar-refractivity contribution < 1.29 is 0 Å². The Morgan fingerprint density at radius 2 is 1.81 bits per heavy atom. The normalized spacial score (nSPS) is 12.9. The van der Waals surface area contributed by atoms with Gasteiger partial charge in [0.15, 0.2) is 0 Å². The third-order valence-corrected chi connectivity index (χ3v) is 3.58. The molecule has 16 heavy (non-hydrogen) atoms. The fourth-order valence-electron chi connectivity index (χ4n) is 1.06. The summed E-state index contributed by atoms with van der Waals surface area (Å²) in [6.45, 7) is 7.33. The summed E-state index contributed by atoms with van der Waals surface area (Å²) in [4.78, 5) is 4.09. The molecule has 1 unspecified atom stereocenters. The summed E-state index contributed by atoms with van der Waals surface area (Å²) in [5.41, 5.74) is 0. The molecule has 0 saturated carbocycles. The second kappa shape index (κ2) is 5.95. The molecule has 0 aromatic carbocycles. The van der Waals surface area contributed by atoms with Gasteiger partial charge in [-0.05, 0) is 17.9 Å². The largest absolute Gasteiger partial charge is 0.369 e. The summed E-state index contributed by atoms with van der Waals surface area (Å²) >= 11 is 17.6. The van der Waals surface area contributed by atoms with Crippen molar-refractivity contribution in [1.29, 1.82) is 0 Å². The Balaban J connectivity index is 2.71. The quantitative estimate of drug-likeness (QED) is 0.806. The Labute approximate surface area is 111 Å². The van der Waals surface area contributed by atoms with Crippen LogP contribution in [-0.2, 0) is 0 Å². The lowest BCUT2D eigenvalue weighted by atomic mass is 9.98. The van der Waals surface area contributed by atoms with Gasteiger partial charge in [0.2, 0.25) is 0 Å². The lowest BCUT2D eigenvalue weighted by Crippen LogP contribution is -2.17. The molecule has 0 radical (unpaired) electrons. The molecule has 1 aromatic heterocycles. The molecule has 0 amide bonds. The molecule has 0 aliphatic rings. The van der Waals surface area contributed by atoms with Crippen molar-refractivity contribution in [2.45, 2.75) is 20.8 Å². The maximum atomic E-state index is 6.00. The van der Waals surface area contributed by atoms with Gasteiger partial charge in [-0.25, -0.2) is 4.98 Å². The summed E-state index contributed by atoms with van der Waals surface area (Å²) < 4.78 is 0. The van der Waals surface area contributed by atoms with Crippen LogP contribution in [0.15, 0.2) is 6.07 Å². The molecule has 1 N–H and O–H groups in total. The zero-order valence-corrected chi connectivity index (χ0v) is 11.8. The molecule has 0 fully saturated rings. The van der Waals surface area contributed by atoms with Crippen LogP contribution in [-0.4, -0.2) is 11.5 Å². The van der Waals surface area contributed by atoms with Crippen molar-refractivity contribution >= 4 is 40.6 Å². The van der Waals surface area contributed by atoms with Crippen LogP contribution >= 0.6 is 34.8 Å². The van der Waals surface area contributed by atoms with Crippen LogP contribution in [0.5, 0.6) is 0 Å². The average Bonchev–Trinajstić information content (AvgIpc) is 2.20. The lowest BCUT2D eigenvalue weighted by molar-refractivity contribution is 0.439. The van der Waals surface area contributed by atoms with Crippen LogP contribution in [0.1, 0.15) is 20.8 Å². The number of hydrogen-bond donors (Lipinski definition) is 1. The highest BCUT2D eigenvalue weighted by Crippen LogP contribution is 2.29. The van der Waals surface area contributed by atoms with Crippen molar-refractivity contribution in [2.24, 2.45) is 11.8 Å². The summed E-state index contributed by atoms with van der Waals surface area (Å²) in [6, 6.07) is 1.60. The SMILES string of the molecule is CC(C)C(C)CNc1nc(Cl)c(Cl)cc1Cl. The molecule has 0 spiro atoms. The van der Waals surface area contributed by atoms with Gasteiger partial charge in [0.05, 0.1) is 10.0 Å². The Hall–Kier alpha value is -0.180. The van der Waals surface area contributed by atoms with Crippen LogP contribution in [0.25, 0.3) is 0 Å². The van der Waals surface area contributed by atoms with Crippen molar-refractivity contribution in [3.05, 3.63) is 21.3 Å². The number of hydrogen-bond acceptors (Lipinski definition) is 2. The first-order valence-corrected chi connectivity index (χ1v) is 6.30. The van der Waals surface area contributed by atoms with Gasteiger partial charge < -0.3 is 5.32 Å². The highest BCUT2D eigenvalue weighted by Gasteiger charge is 2.10. The first-order valence-electron chi connectivity index (χ1n) is 5.17. The second-order valence-corrected chi connectivity index (χ2v) is 5.37. The predicted molar refractivity (Wildman–Crippen MR) is 71.8 cm³/mol. The third-order valence-electron chi connectivity index (χ3n) is 2.62. The number of halogens is 3. The molecule has 1 atom stereocenters. The van der Waals surface area contributed by atoms with E-state index in [1.54, 1.807) is 6.07 Å². The Morgan fingerprint density at radius 3 is 2.38 bits per heavy atom. The summed E-state index contributed by atoms with van der Waals surface area (Å²) in [5, 5.41) is 4.31. The first kappa shape index (κ1) is 13.9. The highest BCUT2D eigenvalue weighted by atomic mass is 35.5. The molecular formula is C11H15Cl3N2. The molecular weight excluding hydrogens is 266 g/mol. The van der Waals surface area contributed by atoms with Gasteiger partial charge in [-0.3, -0.25) is 0 Å². The molecule has 0 aliphatic carbocycles. The van der Waals surface area contributed by atoms with Gasteiger partial charge >= 0.3 is 0 Å². The van der Waals surface area contributed by atoms with E-state index in [1.165, 1.54) is 0 Å². The standard InChI is InChI=1S/C11H15Cl3N2/c1-6(2)7(3)5-15-11-9(13)4-8(12)10(14)16-11/h4,6-7H,5H2,1-3H3,(H,15,16). The van der Waals surface area contributed by atoms with Crippen LogP contribution in [0, 0.1) is 11.8 Å². The van der Waals surface area contributed by atoms with Crippen LogP contribution < -0.4 is 5.32 Å². The van der Waals surface area contributed by atoms with E-state index in [4.69, 9.17) is 34.8 Å². The van der Waals surface area contributed by atoms with E-state index in [0.29, 0.717) is 27.7 Å². The average molecular weight is 282 g/mol. The maximum absolute atomic E-state index is 6.00. The van der Waals surface area contributed by atoms with Gasteiger partial charge in [0, 0.05) is 6.54 Å². The number of rotatable bonds is 4. The van der Waals surface area contributed by atoms with Crippen LogP contribution in [0.3, 0.4) is 0 Å². The third kappa shape index (κ3) is 3.69. The molecule has 90 valence electrons. The predicted octanol–water partition coefficient (Wildman–Crippen LogP) is 4.75. The minimum absolute atomic E-state index is 0.269. The number of pyridine rings is 1. The minimum Gasteiger partial charge on any atom is -0.369 e. The Bertz CT molecular complexity index is 366. The zero-order valence-electron chi connectivity index (χ0n) is 9.52. The van der Waals surface area contributed by atoms with E-state index in [-0.39, 0.29) is 5.15 Å². The van der Waals surface area contributed by atoms with Crippen molar-refractivity contribution in [3.8, 4) is 0 Å². The molecule has 1 aromatic rings. The van der Waals surface area contributed by atoms with Gasteiger partial charge in [-0.15, -0.1) is 0 Å². The zero-order chi connectivity index (χ0) is 12.3. The fraction of sp³-hybridized carbons (Fsp3) is 0.545. The maximum Gasteiger partial charge on any atom is 0.150 e. The molecule has 0 aliphatic heterocycles. The monoisotopic (exact) mass is 280 g/mol. The van der Waals surface area contributed by atoms with E-state index in [9.17, 15) is 0 Å². The molecule has 1 rings (SSSR count). The van der Waals surface area contributed by atoms with E-state index in [2.05, 4.69) is 31.1 Å². The number of aromatic nitrogens is 1. The fourth-order valence-corrected chi connectivity index (χ4v) is 1.63. The molecule has 2 nitrogen and oxygen atoms in total. The first-order chi connectivity index (χ1) is 7.41. The smallest absolute Gasteiger partial charge is 0.150 e. The Kier molecular flexibility index (Phi) is 5.16. The van der Waals surface area contributed by atoms with E-state index < -0.39 is 0 Å². The van der Waals surface area contributed by atoms with Gasteiger partial charge in [0.1, 0.15) is 11.0 Å². The number of nitrogens with zero attached hydrogens (tertiary/aromatic N) is 1. The summed E-state index contributed by atoms with van der Waals surface area (Å²) in [5.74, 6) is 1.73. The summed E-state index contributed by atoms with van der Waals surface area (Å²) in [7, 11) is 0. The van der Waals surface area contributed by atoms with Crippen molar-refractivity contribution in [1.82, 2.24) is 4.98 Å². The minimum atomic E-state index is 0.269. The van der Waals surface area contributed by atoms with Crippen molar-refractivity contribution in [3.63, 3.8) is 0 Å². The van der Waals surface area contributed by atoms with E-state index >= 15 is 0 Å². The second-order valence-electron chi connectivity index (χ2n) is 4.19. The van der Waals surface area contributed by atoms with Gasteiger partial charge in [-0.1, -0.05) is 55.6 Å². The van der Waals surface area contributed by atoms with Crippen LogP contribution in [0.4, 0.5) is 5.82 Å². The van der Waals surface area contributed by atoms with Gasteiger partial charge in [0.25, 0.3) is 0 Å². The van der Waals surface area contributed by atoms with Gasteiger partial charge in [-0.2, -0.15) is 0 Å². The Morgan fingerprint density at radius 1 is 1.19 bits per heavy atom. The topological polar surface area (TPSA) is 24.9 Å². The number of anilines is 1. The lowest BCUT2D eigenvalue weighted by Gasteiger charge is -2.17. The van der Waals surface area contributed by atoms with Crippen LogP contribution in [0.2, 0.25) is 15.2 Å². The highest BCUT2D eigenvalue weighted by molar-refractivity contribution is 6.42. The van der Waals surface area contributed by atoms with Crippen molar-refractivity contribution in [2.75, 3.05) is 11.9 Å².